The van der Waals surface area contributed by atoms with Gasteiger partial charge in [-0.25, -0.2) is 0 Å². The molecule has 15 heavy (non-hydrogen) atoms. The van der Waals surface area contributed by atoms with Gasteiger partial charge in [0, 0.05) is 26.1 Å². The van der Waals surface area contributed by atoms with Crippen LogP contribution in [0.25, 0.3) is 0 Å². The number of ether oxygens (including phenoxy) is 1. The molecule has 1 unspecified atom stereocenters. The lowest BCUT2D eigenvalue weighted by molar-refractivity contribution is -0.137. The molecule has 0 aromatic rings. The van der Waals surface area contributed by atoms with Gasteiger partial charge < -0.3 is 15.4 Å². The van der Waals surface area contributed by atoms with E-state index in [4.69, 9.17) is 10.5 Å². The van der Waals surface area contributed by atoms with Crippen LogP contribution in [0.4, 0.5) is 0 Å². The molecule has 1 amide bonds. The second-order valence-electron chi connectivity index (χ2n) is 4.24. The molecule has 0 saturated carbocycles. The quantitative estimate of drug-likeness (QED) is 0.746. The fourth-order valence-electron chi connectivity index (χ4n) is 2.00. The molecule has 1 saturated heterocycles. The zero-order valence-corrected chi connectivity index (χ0v) is 9.74. The molecule has 1 rings (SSSR count). The minimum atomic E-state index is 0.0640. The van der Waals surface area contributed by atoms with Crippen LogP contribution in [0.1, 0.15) is 26.2 Å². The van der Waals surface area contributed by atoms with Crippen LogP contribution in [0.2, 0.25) is 0 Å². The molecule has 1 fully saturated rings. The van der Waals surface area contributed by atoms with Crippen molar-refractivity contribution in [3.63, 3.8) is 0 Å². The zero-order valence-electron chi connectivity index (χ0n) is 9.74. The number of methoxy groups -OCH3 is 1. The molecule has 1 aliphatic rings. The topological polar surface area (TPSA) is 55.6 Å². The number of piperidine rings is 1. The van der Waals surface area contributed by atoms with Gasteiger partial charge in [-0.2, -0.15) is 0 Å². The monoisotopic (exact) mass is 214 g/mol. The maximum absolute atomic E-state index is 11.9. The number of nitrogens with two attached hydrogens (primary N) is 1. The second-order valence-corrected chi connectivity index (χ2v) is 4.24. The lowest BCUT2D eigenvalue weighted by atomic mass is 10.0. The highest BCUT2D eigenvalue weighted by Gasteiger charge is 2.25. The number of nitrogens with zero attached hydrogens (tertiary/aromatic N) is 1. The predicted molar refractivity (Wildman–Crippen MR) is 59.4 cm³/mol. The lowest BCUT2D eigenvalue weighted by Gasteiger charge is -2.32. The van der Waals surface area contributed by atoms with E-state index < -0.39 is 0 Å². The summed E-state index contributed by atoms with van der Waals surface area (Å²) in [5.74, 6) is 0.309. The largest absolute Gasteiger partial charge is 0.381 e. The van der Waals surface area contributed by atoms with Crippen molar-refractivity contribution in [2.24, 2.45) is 11.7 Å². The van der Waals surface area contributed by atoms with Crippen molar-refractivity contribution in [3.8, 4) is 0 Å². The number of carbonyl (C=O) groups is 1. The van der Waals surface area contributed by atoms with Gasteiger partial charge in [0.05, 0.1) is 6.10 Å². The van der Waals surface area contributed by atoms with Crippen LogP contribution in [0.15, 0.2) is 0 Å². The molecule has 2 N–H and O–H groups in total. The van der Waals surface area contributed by atoms with Crippen molar-refractivity contribution in [1.29, 1.82) is 0 Å². The minimum Gasteiger partial charge on any atom is -0.381 e. The molecule has 1 aliphatic heterocycles. The first-order valence-electron chi connectivity index (χ1n) is 5.70. The van der Waals surface area contributed by atoms with Crippen LogP contribution < -0.4 is 5.73 Å². The first-order valence-corrected chi connectivity index (χ1v) is 5.70. The number of amides is 1. The number of rotatable bonds is 4. The van der Waals surface area contributed by atoms with E-state index in [1.807, 2.05) is 11.8 Å². The van der Waals surface area contributed by atoms with Gasteiger partial charge in [-0.05, 0) is 25.8 Å². The molecule has 88 valence electrons. The Labute approximate surface area is 91.8 Å². The normalized spacial score (nSPS) is 20.3. The van der Waals surface area contributed by atoms with Crippen molar-refractivity contribution in [2.75, 3.05) is 26.7 Å². The van der Waals surface area contributed by atoms with Crippen LogP contribution in [0, 0.1) is 5.92 Å². The lowest BCUT2D eigenvalue weighted by Crippen LogP contribution is -2.43. The summed E-state index contributed by atoms with van der Waals surface area (Å²) in [6.07, 6.45) is 3.02. The third kappa shape index (κ3) is 3.47. The molecule has 0 aromatic heterocycles. The molecule has 0 radical (unpaired) electrons. The van der Waals surface area contributed by atoms with E-state index in [0.717, 1.165) is 32.4 Å². The number of likely N-dealkylation sites (tertiary alicyclic amines) is 1. The number of carbonyl (C=O) groups excluding carboxylic acids is 1. The van der Waals surface area contributed by atoms with E-state index in [-0.39, 0.29) is 11.8 Å². The predicted octanol–water partition coefficient (Wildman–Crippen LogP) is 0.609. The smallest absolute Gasteiger partial charge is 0.225 e. The Kier molecular flexibility index (Phi) is 5.05. The minimum absolute atomic E-state index is 0.0640. The van der Waals surface area contributed by atoms with Gasteiger partial charge in [0.25, 0.3) is 0 Å². The van der Waals surface area contributed by atoms with Gasteiger partial charge in [0.1, 0.15) is 0 Å². The van der Waals surface area contributed by atoms with Crippen molar-refractivity contribution < 1.29 is 9.53 Å². The molecule has 1 heterocycles. The van der Waals surface area contributed by atoms with Gasteiger partial charge >= 0.3 is 0 Å². The fourth-order valence-corrected chi connectivity index (χ4v) is 2.00. The molecule has 4 heteroatoms. The molecular weight excluding hydrogens is 192 g/mol. The van der Waals surface area contributed by atoms with E-state index in [1.54, 1.807) is 7.11 Å². The average molecular weight is 214 g/mol. The molecule has 0 bridgehead atoms. The fraction of sp³-hybridized carbons (Fsp3) is 0.909. The van der Waals surface area contributed by atoms with Gasteiger partial charge in [-0.15, -0.1) is 0 Å². The number of hydrogen-bond donors (Lipinski definition) is 1. The van der Waals surface area contributed by atoms with Crippen LogP contribution >= 0.6 is 0 Å². The Balaban J connectivity index is 2.35. The standard InChI is InChI=1S/C11H22N2O2/c1-9(3-6-12)11(14)13-7-4-10(15-2)5-8-13/h9-10H,3-8,12H2,1-2H3. The van der Waals surface area contributed by atoms with Crippen LogP contribution in [-0.2, 0) is 9.53 Å². The Morgan fingerprint density at radius 2 is 2.13 bits per heavy atom. The highest BCUT2D eigenvalue weighted by atomic mass is 16.5. The molecular formula is C11H22N2O2. The maximum atomic E-state index is 11.9. The highest BCUT2D eigenvalue weighted by Crippen LogP contribution is 2.16. The van der Waals surface area contributed by atoms with E-state index in [9.17, 15) is 4.79 Å². The van der Waals surface area contributed by atoms with E-state index >= 15 is 0 Å². The van der Waals surface area contributed by atoms with E-state index in [1.165, 1.54) is 0 Å². The zero-order chi connectivity index (χ0) is 11.3. The van der Waals surface area contributed by atoms with Crippen LogP contribution in [-0.4, -0.2) is 43.7 Å². The van der Waals surface area contributed by atoms with E-state index in [2.05, 4.69) is 0 Å². The maximum Gasteiger partial charge on any atom is 0.225 e. The summed E-state index contributed by atoms with van der Waals surface area (Å²) in [5, 5.41) is 0. The summed E-state index contributed by atoms with van der Waals surface area (Å²) < 4.78 is 5.27. The Bertz CT molecular complexity index is 201. The Hall–Kier alpha value is -0.610. The highest BCUT2D eigenvalue weighted by molar-refractivity contribution is 5.78. The Morgan fingerprint density at radius 1 is 1.53 bits per heavy atom. The van der Waals surface area contributed by atoms with Crippen LogP contribution in [0.3, 0.4) is 0 Å². The van der Waals surface area contributed by atoms with Crippen molar-refractivity contribution in [1.82, 2.24) is 4.90 Å². The second kappa shape index (κ2) is 6.08. The SMILES string of the molecule is COC1CCN(C(=O)C(C)CCN)CC1. The summed E-state index contributed by atoms with van der Waals surface area (Å²) in [6, 6.07) is 0. The van der Waals surface area contributed by atoms with Gasteiger partial charge in [0.2, 0.25) is 5.91 Å². The molecule has 0 aliphatic carbocycles. The molecule has 4 nitrogen and oxygen atoms in total. The first kappa shape index (κ1) is 12.5. The summed E-state index contributed by atoms with van der Waals surface area (Å²) in [7, 11) is 1.74. The van der Waals surface area contributed by atoms with Gasteiger partial charge in [-0.1, -0.05) is 6.92 Å². The summed E-state index contributed by atoms with van der Waals surface area (Å²) >= 11 is 0. The van der Waals surface area contributed by atoms with Crippen molar-refractivity contribution in [2.45, 2.75) is 32.3 Å². The molecule has 0 spiro atoms. The summed E-state index contributed by atoms with van der Waals surface area (Å²) in [4.78, 5) is 13.9. The summed E-state index contributed by atoms with van der Waals surface area (Å²) in [5.41, 5.74) is 5.45. The summed E-state index contributed by atoms with van der Waals surface area (Å²) in [6.45, 7) is 4.19. The molecule has 1 atom stereocenters. The third-order valence-electron chi connectivity index (χ3n) is 3.11. The van der Waals surface area contributed by atoms with Crippen molar-refractivity contribution in [3.05, 3.63) is 0 Å². The number of hydrogen-bond acceptors (Lipinski definition) is 3. The van der Waals surface area contributed by atoms with E-state index in [0.29, 0.717) is 12.6 Å². The van der Waals surface area contributed by atoms with Crippen molar-refractivity contribution >= 4 is 5.91 Å². The first-order chi connectivity index (χ1) is 7.19. The van der Waals surface area contributed by atoms with Gasteiger partial charge in [0.15, 0.2) is 0 Å². The van der Waals surface area contributed by atoms with Gasteiger partial charge in [-0.3, -0.25) is 4.79 Å². The molecule has 0 aromatic carbocycles. The average Bonchev–Trinajstić information content (AvgIpc) is 2.28. The third-order valence-corrected chi connectivity index (χ3v) is 3.11. The Morgan fingerprint density at radius 3 is 2.60 bits per heavy atom. The van der Waals surface area contributed by atoms with Crippen LogP contribution in [0.5, 0.6) is 0 Å².